The molecule has 8 heteroatoms. The van der Waals surface area contributed by atoms with E-state index in [2.05, 4.69) is 33.8 Å². The number of aromatic nitrogens is 1. The maximum Gasteiger partial charge on any atom is 0.161 e. The average Bonchev–Trinajstić information content (AvgIpc) is 3.21. The van der Waals surface area contributed by atoms with E-state index in [1.54, 1.807) is 18.4 Å². The van der Waals surface area contributed by atoms with Crippen LogP contribution in [0.15, 0.2) is 29.8 Å². The molecule has 1 aromatic heterocycles. The Kier molecular flexibility index (Phi) is 8.26. The van der Waals surface area contributed by atoms with Crippen LogP contribution in [0.2, 0.25) is 0 Å². The van der Waals surface area contributed by atoms with Gasteiger partial charge >= 0.3 is 0 Å². The lowest BCUT2D eigenvalue weighted by molar-refractivity contribution is 0.0497. The second-order valence-electron chi connectivity index (χ2n) is 7.65. The molecule has 0 spiro atoms. The van der Waals surface area contributed by atoms with E-state index in [1.165, 1.54) is 0 Å². The summed E-state index contributed by atoms with van der Waals surface area (Å²) in [6.07, 6.45) is 1.31. The van der Waals surface area contributed by atoms with Crippen molar-refractivity contribution in [3.8, 4) is 11.5 Å². The minimum Gasteiger partial charge on any atom is -0.493 e. The van der Waals surface area contributed by atoms with E-state index >= 15 is 0 Å². The normalized spacial score (nSPS) is 16.9. The molecular formula is C21H32N4O3S. The summed E-state index contributed by atoms with van der Waals surface area (Å²) in [6, 6.07) is 5.97. The minimum atomic E-state index is -0.528. The molecule has 3 rings (SSSR count). The second-order valence-corrected chi connectivity index (χ2v) is 8.63. The Bertz CT molecular complexity index is 736. The molecule has 0 aliphatic carbocycles. The quantitative estimate of drug-likeness (QED) is 0.629. The Morgan fingerprint density at radius 3 is 2.69 bits per heavy atom. The van der Waals surface area contributed by atoms with Crippen LogP contribution in [0.3, 0.4) is 0 Å². The largest absolute Gasteiger partial charge is 0.493 e. The van der Waals surface area contributed by atoms with Crippen molar-refractivity contribution in [2.24, 2.45) is 0 Å². The number of hydrogen-bond donors (Lipinski definition) is 1. The van der Waals surface area contributed by atoms with Gasteiger partial charge in [-0.2, -0.15) is 0 Å². The van der Waals surface area contributed by atoms with E-state index in [1.807, 2.05) is 29.8 Å². The zero-order valence-corrected chi connectivity index (χ0v) is 18.4. The van der Waals surface area contributed by atoms with E-state index in [-0.39, 0.29) is 6.61 Å². The fourth-order valence-electron chi connectivity index (χ4n) is 3.43. The molecule has 7 nitrogen and oxygen atoms in total. The number of thiazole rings is 1. The molecule has 1 fully saturated rings. The topological polar surface area (TPSA) is 61.3 Å². The Balaban J connectivity index is 1.52. The summed E-state index contributed by atoms with van der Waals surface area (Å²) < 4.78 is 11.4. The highest BCUT2D eigenvalue weighted by molar-refractivity contribution is 7.09. The molecule has 1 aromatic carbocycles. The monoisotopic (exact) mass is 420 g/mol. The van der Waals surface area contributed by atoms with Crippen molar-refractivity contribution in [3.63, 3.8) is 0 Å². The SMILES string of the molecule is COc1ccc(CN(C)Cc2nccs2)cc1OC[C@@H](O)CN1CCN(C)CC1. The van der Waals surface area contributed by atoms with E-state index in [0.717, 1.165) is 49.8 Å². The first-order valence-electron chi connectivity index (χ1n) is 9.99. The van der Waals surface area contributed by atoms with Crippen LogP contribution in [0.1, 0.15) is 10.6 Å². The molecule has 160 valence electrons. The van der Waals surface area contributed by atoms with Crippen LogP contribution >= 0.6 is 11.3 Å². The van der Waals surface area contributed by atoms with Gasteiger partial charge in [-0.15, -0.1) is 11.3 Å². The molecular weight excluding hydrogens is 388 g/mol. The van der Waals surface area contributed by atoms with E-state index < -0.39 is 6.10 Å². The fourth-order valence-corrected chi connectivity index (χ4v) is 4.12. The summed E-state index contributed by atoms with van der Waals surface area (Å²) in [6.45, 7) is 6.52. The number of piperazine rings is 1. The van der Waals surface area contributed by atoms with Crippen molar-refractivity contribution in [1.29, 1.82) is 0 Å². The van der Waals surface area contributed by atoms with Crippen LogP contribution in [-0.2, 0) is 13.1 Å². The third-order valence-corrected chi connectivity index (χ3v) is 5.83. The first-order valence-corrected chi connectivity index (χ1v) is 10.9. The maximum absolute atomic E-state index is 10.4. The van der Waals surface area contributed by atoms with Crippen LogP contribution in [0.5, 0.6) is 11.5 Å². The van der Waals surface area contributed by atoms with E-state index in [4.69, 9.17) is 9.47 Å². The summed E-state index contributed by atoms with van der Waals surface area (Å²) >= 11 is 1.66. The summed E-state index contributed by atoms with van der Waals surface area (Å²) in [5, 5.41) is 13.5. The molecule has 1 aliphatic heterocycles. The smallest absolute Gasteiger partial charge is 0.161 e. The Labute approximate surface area is 177 Å². The van der Waals surface area contributed by atoms with Crippen LogP contribution in [0.25, 0.3) is 0 Å². The molecule has 1 N–H and O–H groups in total. The Hall–Kier alpha value is -1.71. The maximum atomic E-state index is 10.4. The molecule has 2 heterocycles. The zero-order chi connectivity index (χ0) is 20.6. The number of rotatable bonds is 10. The van der Waals surface area contributed by atoms with Gasteiger partial charge in [0.2, 0.25) is 0 Å². The Morgan fingerprint density at radius 1 is 1.21 bits per heavy atom. The summed E-state index contributed by atoms with van der Waals surface area (Å²) in [7, 11) is 5.84. The van der Waals surface area contributed by atoms with Gasteiger partial charge in [0, 0.05) is 50.8 Å². The van der Waals surface area contributed by atoms with Crippen molar-refractivity contribution in [2.45, 2.75) is 19.2 Å². The number of methoxy groups -OCH3 is 1. The highest BCUT2D eigenvalue weighted by Gasteiger charge is 2.18. The number of aliphatic hydroxyl groups excluding tert-OH is 1. The average molecular weight is 421 g/mol. The van der Waals surface area contributed by atoms with Gasteiger partial charge in [0.25, 0.3) is 0 Å². The molecule has 0 amide bonds. The summed E-state index contributed by atoms with van der Waals surface area (Å²) in [4.78, 5) is 11.2. The number of aliphatic hydroxyl groups is 1. The molecule has 0 radical (unpaired) electrons. The lowest BCUT2D eigenvalue weighted by Crippen LogP contribution is -2.47. The first kappa shape index (κ1) is 22.0. The lowest BCUT2D eigenvalue weighted by Gasteiger charge is -2.33. The summed E-state index contributed by atoms with van der Waals surface area (Å²) in [5.74, 6) is 1.35. The fraction of sp³-hybridized carbons (Fsp3) is 0.571. The number of benzene rings is 1. The molecule has 1 aliphatic rings. The highest BCUT2D eigenvalue weighted by atomic mass is 32.1. The standard InChI is InChI=1S/C21H32N4O3S/c1-23-7-9-25(10-8-23)14-18(26)16-28-20-12-17(4-5-19(20)27-3)13-24(2)15-21-22-6-11-29-21/h4-6,11-12,18,26H,7-10,13-16H2,1-3H3/t18-/m0/s1. The number of likely N-dealkylation sites (N-methyl/N-ethyl adjacent to an activating group) is 1. The molecule has 0 saturated carbocycles. The Morgan fingerprint density at radius 2 is 2.00 bits per heavy atom. The minimum absolute atomic E-state index is 0.251. The van der Waals surface area contributed by atoms with E-state index in [9.17, 15) is 5.11 Å². The van der Waals surface area contributed by atoms with Gasteiger partial charge in [-0.3, -0.25) is 9.80 Å². The van der Waals surface area contributed by atoms with Crippen molar-refractivity contribution >= 4 is 11.3 Å². The van der Waals surface area contributed by atoms with Crippen molar-refractivity contribution in [2.75, 3.05) is 60.5 Å². The first-order chi connectivity index (χ1) is 14.0. The van der Waals surface area contributed by atoms with Gasteiger partial charge in [0.1, 0.15) is 17.7 Å². The van der Waals surface area contributed by atoms with Crippen molar-refractivity contribution in [3.05, 3.63) is 40.3 Å². The molecule has 2 aromatic rings. The van der Waals surface area contributed by atoms with E-state index in [0.29, 0.717) is 18.0 Å². The van der Waals surface area contributed by atoms with Gasteiger partial charge < -0.3 is 19.5 Å². The van der Waals surface area contributed by atoms with Gasteiger partial charge in [-0.1, -0.05) is 6.07 Å². The van der Waals surface area contributed by atoms with Crippen LogP contribution < -0.4 is 9.47 Å². The van der Waals surface area contributed by atoms with Gasteiger partial charge in [0.05, 0.1) is 13.7 Å². The van der Waals surface area contributed by atoms with Crippen LogP contribution in [0, 0.1) is 0 Å². The van der Waals surface area contributed by atoms with Gasteiger partial charge in [-0.05, 0) is 31.8 Å². The van der Waals surface area contributed by atoms with Crippen molar-refractivity contribution < 1.29 is 14.6 Å². The van der Waals surface area contributed by atoms with Gasteiger partial charge in [-0.25, -0.2) is 4.98 Å². The summed E-state index contributed by atoms with van der Waals surface area (Å²) in [5.41, 5.74) is 1.13. The highest BCUT2D eigenvalue weighted by Crippen LogP contribution is 2.29. The molecule has 0 bridgehead atoms. The molecule has 1 atom stereocenters. The third-order valence-electron chi connectivity index (χ3n) is 5.07. The van der Waals surface area contributed by atoms with Crippen LogP contribution in [0.4, 0.5) is 0 Å². The zero-order valence-electron chi connectivity index (χ0n) is 17.6. The number of β-amino-alcohol motifs (C(OH)–C–C–N with tert-alkyl or cyclic N) is 1. The number of hydrogen-bond acceptors (Lipinski definition) is 8. The number of ether oxygens (including phenoxy) is 2. The third kappa shape index (κ3) is 6.94. The van der Waals surface area contributed by atoms with Gasteiger partial charge in [0.15, 0.2) is 11.5 Å². The molecule has 0 unspecified atom stereocenters. The molecule has 29 heavy (non-hydrogen) atoms. The second kappa shape index (κ2) is 10.9. The molecule has 1 saturated heterocycles. The lowest BCUT2D eigenvalue weighted by atomic mass is 10.2. The van der Waals surface area contributed by atoms with Crippen molar-refractivity contribution in [1.82, 2.24) is 19.7 Å². The predicted molar refractivity (Wildman–Crippen MR) is 116 cm³/mol. The van der Waals surface area contributed by atoms with Crippen LogP contribution in [-0.4, -0.2) is 91.4 Å². The number of nitrogens with zero attached hydrogens (tertiary/aromatic N) is 4. The predicted octanol–water partition coefficient (Wildman–Crippen LogP) is 1.77.